The molecule has 3 unspecified atom stereocenters. The molecule has 0 fully saturated rings. The van der Waals surface area contributed by atoms with E-state index in [4.69, 9.17) is 0 Å². The van der Waals surface area contributed by atoms with Crippen molar-refractivity contribution in [2.75, 3.05) is 6.54 Å². The molecule has 1 heterocycles. The number of ketones is 1. The summed E-state index contributed by atoms with van der Waals surface area (Å²) >= 11 is 0. The number of nitrogens with one attached hydrogen (secondary N) is 1. The van der Waals surface area contributed by atoms with Crippen LogP contribution in [0.4, 0.5) is 0 Å². The van der Waals surface area contributed by atoms with Gasteiger partial charge in [-0.25, -0.2) is 0 Å². The largest absolute Gasteiger partial charge is 0.392 e. The van der Waals surface area contributed by atoms with Crippen molar-refractivity contribution in [2.45, 2.75) is 79.4 Å². The monoisotopic (exact) mass is 367 g/mol. The van der Waals surface area contributed by atoms with Crippen LogP contribution >= 0.6 is 0 Å². The summed E-state index contributed by atoms with van der Waals surface area (Å²) in [6.45, 7) is 11.6. The van der Waals surface area contributed by atoms with Crippen LogP contribution < -0.4 is 5.32 Å². The third-order valence-corrected chi connectivity index (χ3v) is 5.78. The SMILES string of the molecule is C/C1=C/[C@H](C)CNC(=O)CC(O)C(C)(C)C(=O)C(C)[C@@H](O)C(C)CCC1. The molecule has 5 heteroatoms. The van der Waals surface area contributed by atoms with Crippen molar-refractivity contribution in [3.63, 3.8) is 0 Å². The first kappa shape index (κ1) is 22.8. The van der Waals surface area contributed by atoms with Crippen LogP contribution in [0.2, 0.25) is 0 Å². The molecule has 0 saturated carbocycles. The zero-order chi connectivity index (χ0) is 20.1. The van der Waals surface area contributed by atoms with E-state index in [2.05, 4.69) is 18.3 Å². The predicted octanol–water partition coefficient (Wildman–Crippen LogP) is 2.85. The number of carbonyl (C=O) groups is 2. The van der Waals surface area contributed by atoms with Gasteiger partial charge in [0.25, 0.3) is 0 Å². The maximum absolute atomic E-state index is 12.9. The van der Waals surface area contributed by atoms with Crippen molar-refractivity contribution < 1.29 is 19.8 Å². The van der Waals surface area contributed by atoms with Crippen LogP contribution in [0.5, 0.6) is 0 Å². The molecule has 0 aromatic heterocycles. The summed E-state index contributed by atoms with van der Waals surface area (Å²) in [7, 11) is 0. The molecule has 0 radical (unpaired) electrons. The lowest BCUT2D eigenvalue weighted by Crippen LogP contribution is -2.46. The molecule has 1 amide bonds. The van der Waals surface area contributed by atoms with Gasteiger partial charge < -0.3 is 15.5 Å². The Kier molecular flexibility index (Phi) is 8.48. The second kappa shape index (κ2) is 9.65. The third kappa shape index (κ3) is 6.20. The van der Waals surface area contributed by atoms with E-state index in [1.807, 2.05) is 13.8 Å². The first-order chi connectivity index (χ1) is 12.0. The Hall–Kier alpha value is -1.20. The predicted molar refractivity (Wildman–Crippen MR) is 104 cm³/mol. The van der Waals surface area contributed by atoms with Gasteiger partial charge in [0.15, 0.2) is 0 Å². The van der Waals surface area contributed by atoms with E-state index >= 15 is 0 Å². The summed E-state index contributed by atoms with van der Waals surface area (Å²) in [5.41, 5.74) is 0.183. The minimum Gasteiger partial charge on any atom is -0.392 e. The highest BCUT2D eigenvalue weighted by Crippen LogP contribution is 2.31. The summed E-state index contributed by atoms with van der Waals surface area (Å²) < 4.78 is 0. The van der Waals surface area contributed by atoms with Crippen LogP contribution in [0.15, 0.2) is 11.6 Å². The number of Topliss-reactive ketones (excluding diaryl/α,β-unsaturated/α-hetero) is 1. The second-order valence-corrected chi connectivity index (χ2v) is 8.75. The number of amides is 1. The zero-order valence-electron chi connectivity index (χ0n) is 17.2. The molecule has 5 atom stereocenters. The fraction of sp³-hybridized carbons (Fsp3) is 0.810. The lowest BCUT2D eigenvalue weighted by atomic mass is 9.73. The van der Waals surface area contributed by atoms with Crippen molar-refractivity contribution in [1.82, 2.24) is 5.32 Å². The van der Waals surface area contributed by atoms with Crippen molar-refractivity contribution in [3.05, 3.63) is 11.6 Å². The topological polar surface area (TPSA) is 86.6 Å². The molecule has 3 N–H and O–H groups in total. The molecule has 1 rings (SSSR count). The number of rotatable bonds is 0. The molecule has 0 bridgehead atoms. The summed E-state index contributed by atoms with van der Waals surface area (Å²) in [5, 5.41) is 23.9. The van der Waals surface area contributed by atoms with Crippen LogP contribution in [-0.2, 0) is 9.59 Å². The number of allylic oxidation sites excluding steroid dienone is 1. The van der Waals surface area contributed by atoms with E-state index in [-0.39, 0.29) is 29.9 Å². The zero-order valence-corrected chi connectivity index (χ0v) is 17.2. The van der Waals surface area contributed by atoms with E-state index in [1.54, 1.807) is 20.8 Å². The normalized spacial score (nSPS) is 37.5. The van der Waals surface area contributed by atoms with Crippen LogP contribution in [-0.4, -0.2) is 40.7 Å². The van der Waals surface area contributed by atoms with E-state index in [9.17, 15) is 19.8 Å². The van der Waals surface area contributed by atoms with Crippen molar-refractivity contribution in [1.29, 1.82) is 0 Å². The van der Waals surface area contributed by atoms with Gasteiger partial charge >= 0.3 is 0 Å². The number of hydrogen-bond acceptors (Lipinski definition) is 4. The maximum Gasteiger partial charge on any atom is 0.222 e. The minimum absolute atomic E-state index is 0.00307. The van der Waals surface area contributed by atoms with Crippen LogP contribution in [0.3, 0.4) is 0 Å². The van der Waals surface area contributed by atoms with Crippen LogP contribution in [0, 0.1) is 23.2 Å². The van der Waals surface area contributed by atoms with E-state index in [1.165, 1.54) is 5.57 Å². The molecule has 150 valence electrons. The number of aliphatic hydroxyl groups is 2. The second-order valence-electron chi connectivity index (χ2n) is 8.75. The minimum atomic E-state index is -1.09. The van der Waals surface area contributed by atoms with Gasteiger partial charge in [-0.15, -0.1) is 0 Å². The van der Waals surface area contributed by atoms with Gasteiger partial charge in [-0.1, -0.05) is 46.3 Å². The number of hydrogen-bond donors (Lipinski definition) is 3. The Bertz CT molecular complexity index is 526. The highest BCUT2D eigenvalue weighted by molar-refractivity contribution is 5.88. The molecule has 0 aromatic carbocycles. The molecule has 0 spiro atoms. The average Bonchev–Trinajstić information content (AvgIpc) is 2.56. The van der Waals surface area contributed by atoms with Gasteiger partial charge in [-0.3, -0.25) is 9.59 Å². The third-order valence-electron chi connectivity index (χ3n) is 5.78. The summed E-state index contributed by atoms with van der Waals surface area (Å²) in [6.07, 6.45) is 2.96. The van der Waals surface area contributed by atoms with Gasteiger partial charge in [0.1, 0.15) is 5.78 Å². The Morgan fingerprint density at radius 1 is 1.15 bits per heavy atom. The van der Waals surface area contributed by atoms with Gasteiger partial charge in [0, 0.05) is 12.5 Å². The summed E-state index contributed by atoms with van der Waals surface area (Å²) in [5.74, 6) is -0.828. The fourth-order valence-electron chi connectivity index (χ4n) is 3.68. The highest BCUT2D eigenvalue weighted by atomic mass is 16.3. The average molecular weight is 368 g/mol. The molecular weight excluding hydrogens is 330 g/mol. The van der Waals surface area contributed by atoms with E-state index in [0.29, 0.717) is 6.54 Å². The van der Waals surface area contributed by atoms with Crippen LogP contribution in [0.25, 0.3) is 0 Å². The van der Waals surface area contributed by atoms with Crippen molar-refractivity contribution >= 4 is 11.7 Å². The molecule has 0 aliphatic carbocycles. The molecule has 0 saturated heterocycles. The lowest BCUT2D eigenvalue weighted by molar-refractivity contribution is -0.143. The summed E-state index contributed by atoms with van der Waals surface area (Å²) in [6, 6.07) is 0. The molecule has 26 heavy (non-hydrogen) atoms. The Balaban J connectivity index is 3.03. The quantitative estimate of drug-likeness (QED) is 0.575. The van der Waals surface area contributed by atoms with Gasteiger partial charge in [-0.2, -0.15) is 0 Å². The highest BCUT2D eigenvalue weighted by Gasteiger charge is 2.41. The standard InChI is InChI=1S/C21H37NO4/c1-13-8-7-9-15(3)19(25)16(4)20(26)21(5,6)17(23)11-18(24)22-12-14(2)10-13/h10,14-17,19,23,25H,7-9,11-12H2,1-6H3,(H,22,24)/b13-10-/t14-,15?,16?,17?,19-/m0/s1. The van der Waals surface area contributed by atoms with Gasteiger partial charge in [0.2, 0.25) is 5.91 Å². The first-order valence-corrected chi connectivity index (χ1v) is 9.81. The number of aliphatic hydroxyl groups excluding tert-OH is 2. The molecular formula is C21H37NO4. The first-order valence-electron chi connectivity index (χ1n) is 9.81. The maximum atomic E-state index is 12.9. The molecule has 1 aliphatic rings. The molecule has 1 aliphatic heterocycles. The Morgan fingerprint density at radius 2 is 1.77 bits per heavy atom. The number of carbonyl (C=O) groups excluding carboxylic acids is 2. The molecule has 5 nitrogen and oxygen atoms in total. The van der Waals surface area contributed by atoms with E-state index < -0.39 is 23.5 Å². The Labute approximate surface area is 158 Å². The Morgan fingerprint density at radius 3 is 2.38 bits per heavy atom. The van der Waals surface area contributed by atoms with Crippen molar-refractivity contribution in [2.24, 2.45) is 23.2 Å². The fourth-order valence-corrected chi connectivity index (χ4v) is 3.68. The summed E-state index contributed by atoms with van der Waals surface area (Å²) in [4.78, 5) is 25.0. The molecule has 0 aromatic rings. The van der Waals surface area contributed by atoms with Gasteiger partial charge in [-0.05, 0) is 38.0 Å². The van der Waals surface area contributed by atoms with E-state index in [0.717, 1.165) is 19.3 Å². The van der Waals surface area contributed by atoms with Crippen molar-refractivity contribution in [3.8, 4) is 0 Å². The lowest BCUT2D eigenvalue weighted by Gasteiger charge is -2.34. The van der Waals surface area contributed by atoms with Crippen LogP contribution in [0.1, 0.15) is 67.2 Å². The van der Waals surface area contributed by atoms with Gasteiger partial charge in [0.05, 0.1) is 24.0 Å². The smallest absolute Gasteiger partial charge is 0.222 e.